The standard InChI is InChI=1S/C24H20N.BrH/c1-5-13-21(14-6-1)25(22-15-7-2-8-16-22,23-17-9-3-10-18-23)24-19-11-4-12-20-24;/h1-20H;1H/q+1;/p-1. The van der Waals surface area contributed by atoms with Gasteiger partial charge in [-0.05, 0) is 0 Å². The van der Waals surface area contributed by atoms with Gasteiger partial charge in [-0.25, -0.2) is 0 Å². The molecule has 0 atom stereocenters. The van der Waals surface area contributed by atoms with Crippen LogP contribution in [0.4, 0.5) is 22.7 Å². The van der Waals surface area contributed by atoms with Gasteiger partial charge in [-0.2, -0.15) is 4.48 Å². The predicted molar refractivity (Wildman–Crippen MR) is 107 cm³/mol. The predicted octanol–water partition coefficient (Wildman–Crippen LogP) is 3.99. The van der Waals surface area contributed by atoms with Gasteiger partial charge in [-0.1, -0.05) is 72.8 Å². The molecule has 0 spiro atoms. The Kier molecular flexibility index (Phi) is 5.67. The molecule has 4 rings (SSSR count). The first-order chi connectivity index (χ1) is 12.4. The molecule has 26 heavy (non-hydrogen) atoms. The van der Waals surface area contributed by atoms with Crippen molar-refractivity contribution >= 4 is 22.7 Å². The van der Waals surface area contributed by atoms with Crippen LogP contribution in [0.2, 0.25) is 0 Å². The lowest BCUT2D eigenvalue weighted by atomic mass is 10.1. The highest BCUT2D eigenvalue weighted by atomic mass is 79.9. The molecular formula is C24H20BrN. The van der Waals surface area contributed by atoms with Crippen molar-refractivity contribution in [2.45, 2.75) is 0 Å². The van der Waals surface area contributed by atoms with Crippen molar-refractivity contribution in [1.82, 2.24) is 4.48 Å². The Morgan fingerprint density at radius 3 is 0.692 bits per heavy atom. The molecule has 0 aliphatic carbocycles. The lowest BCUT2D eigenvalue weighted by Gasteiger charge is -2.37. The Labute approximate surface area is 165 Å². The van der Waals surface area contributed by atoms with Gasteiger partial charge in [0.1, 0.15) is 22.7 Å². The molecule has 0 unspecified atom stereocenters. The molecule has 1 nitrogen and oxygen atoms in total. The molecule has 0 aliphatic rings. The number of halogens is 1. The second-order valence-corrected chi connectivity index (χ2v) is 6.01. The largest absolute Gasteiger partial charge is 1.00 e. The summed E-state index contributed by atoms with van der Waals surface area (Å²) in [5.74, 6) is 0. The van der Waals surface area contributed by atoms with Crippen LogP contribution < -0.4 is 21.5 Å². The Balaban J connectivity index is 0.00000196. The second kappa shape index (κ2) is 8.13. The molecule has 2 heteroatoms. The molecule has 0 aromatic heterocycles. The first-order valence-corrected chi connectivity index (χ1v) is 8.54. The van der Waals surface area contributed by atoms with Gasteiger partial charge >= 0.3 is 0 Å². The maximum absolute atomic E-state index is 2.20. The van der Waals surface area contributed by atoms with E-state index in [1.54, 1.807) is 0 Å². The topological polar surface area (TPSA) is 0 Å². The Bertz CT molecular complexity index is 759. The van der Waals surface area contributed by atoms with Crippen LogP contribution in [-0.2, 0) is 0 Å². The number of quaternary nitrogens is 1. The molecule has 0 saturated carbocycles. The minimum Gasteiger partial charge on any atom is -1.00 e. The fourth-order valence-corrected chi connectivity index (χ4v) is 3.50. The molecule has 0 amide bonds. The zero-order valence-corrected chi connectivity index (χ0v) is 16.0. The highest BCUT2D eigenvalue weighted by Gasteiger charge is 2.38. The highest BCUT2D eigenvalue weighted by Crippen LogP contribution is 2.50. The summed E-state index contributed by atoms with van der Waals surface area (Å²) in [7, 11) is 0. The molecule has 0 heterocycles. The SMILES string of the molecule is [Br-].c1ccc([N+](c2ccccc2)(c2ccccc2)c2ccccc2)cc1. The minimum absolute atomic E-state index is 0. The third kappa shape index (κ3) is 3.10. The maximum Gasteiger partial charge on any atom is 0.148 e. The molecule has 4 aromatic rings. The summed E-state index contributed by atoms with van der Waals surface area (Å²) >= 11 is 0. The molecule has 0 N–H and O–H groups in total. The first kappa shape index (κ1) is 18.1. The van der Waals surface area contributed by atoms with E-state index in [0.717, 1.165) is 0 Å². The van der Waals surface area contributed by atoms with Gasteiger partial charge in [0.05, 0.1) is 0 Å². The van der Waals surface area contributed by atoms with E-state index in [1.165, 1.54) is 22.7 Å². The van der Waals surface area contributed by atoms with Crippen LogP contribution in [0.15, 0.2) is 121 Å². The molecule has 0 bridgehead atoms. The summed E-state index contributed by atoms with van der Waals surface area (Å²) < 4.78 is 0.559. The van der Waals surface area contributed by atoms with Gasteiger partial charge in [0, 0.05) is 48.5 Å². The normalized spacial score (nSPS) is 10.8. The van der Waals surface area contributed by atoms with Crippen molar-refractivity contribution in [3.05, 3.63) is 121 Å². The van der Waals surface area contributed by atoms with E-state index in [0.29, 0.717) is 4.48 Å². The molecule has 0 radical (unpaired) electrons. The number of hydrogen-bond donors (Lipinski definition) is 0. The molecular weight excluding hydrogens is 382 g/mol. The average Bonchev–Trinajstić information content (AvgIpc) is 2.72. The van der Waals surface area contributed by atoms with Gasteiger partial charge < -0.3 is 17.0 Å². The van der Waals surface area contributed by atoms with Crippen LogP contribution in [0.1, 0.15) is 0 Å². The van der Waals surface area contributed by atoms with Gasteiger partial charge in [-0.3, -0.25) is 0 Å². The van der Waals surface area contributed by atoms with Crippen LogP contribution in [-0.4, -0.2) is 0 Å². The fourth-order valence-electron chi connectivity index (χ4n) is 3.50. The van der Waals surface area contributed by atoms with Crippen molar-refractivity contribution in [3.63, 3.8) is 0 Å². The van der Waals surface area contributed by atoms with Crippen LogP contribution >= 0.6 is 0 Å². The molecule has 128 valence electrons. The van der Waals surface area contributed by atoms with E-state index in [1.807, 2.05) is 0 Å². The first-order valence-electron chi connectivity index (χ1n) is 8.54. The van der Waals surface area contributed by atoms with Crippen molar-refractivity contribution < 1.29 is 17.0 Å². The number of para-hydroxylation sites is 4. The van der Waals surface area contributed by atoms with Crippen molar-refractivity contribution in [1.29, 1.82) is 0 Å². The van der Waals surface area contributed by atoms with Crippen molar-refractivity contribution in [3.8, 4) is 0 Å². The average molecular weight is 402 g/mol. The summed E-state index contributed by atoms with van der Waals surface area (Å²) in [5.41, 5.74) is 4.86. The summed E-state index contributed by atoms with van der Waals surface area (Å²) in [6.07, 6.45) is 0. The Morgan fingerprint density at radius 2 is 0.500 bits per heavy atom. The smallest absolute Gasteiger partial charge is 0.148 e. The molecule has 4 aromatic carbocycles. The summed E-state index contributed by atoms with van der Waals surface area (Å²) in [5, 5.41) is 0. The lowest BCUT2D eigenvalue weighted by Crippen LogP contribution is -3.00. The molecule has 0 saturated heterocycles. The summed E-state index contributed by atoms with van der Waals surface area (Å²) in [6.45, 7) is 0. The van der Waals surface area contributed by atoms with E-state index >= 15 is 0 Å². The van der Waals surface area contributed by atoms with E-state index in [9.17, 15) is 0 Å². The van der Waals surface area contributed by atoms with E-state index in [4.69, 9.17) is 0 Å². The highest BCUT2D eigenvalue weighted by molar-refractivity contribution is 5.81. The Hall–Kier alpha value is -2.68. The third-order valence-corrected chi connectivity index (χ3v) is 4.57. The van der Waals surface area contributed by atoms with Gasteiger partial charge in [0.2, 0.25) is 0 Å². The molecule has 0 aliphatic heterocycles. The van der Waals surface area contributed by atoms with Crippen LogP contribution in [0.5, 0.6) is 0 Å². The van der Waals surface area contributed by atoms with E-state index in [2.05, 4.69) is 121 Å². The number of nitrogens with zero attached hydrogens (tertiary/aromatic N) is 1. The minimum atomic E-state index is 0. The van der Waals surface area contributed by atoms with Gasteiger partial charge in [-0.15, -0.1) is 0 Å². The number of benzene rings is 4. The zero-order chi connectivity index (χ0) is 17.0. The monoisotopic (exact) mass is 401 g/mol. The van der Waals surface area contributed by atoms with Crippen LogP contribution in [0.25, 0.3) is 0 Å². The quantitative estimate of drug-likeness (QED) is 0.453. The second-order valence-electron chi connectivity index (χ2n) is 6.01. The van der Waals surface area contributed by atoms with E-state index in [-0.39, 0.29) is 17.0 Å². The number of rotatable bonds is 4. The van der Waals surface area contributed by atoms with Crippen LogP contribution in [0, 0.1) is 0 Å². The lowest BCUT2D eigenvalue weighted by molar-refractivity contribution is -0.00000483. The fraction of sp³-hybridized carbons (Fsp3) is 0. The summed E-state index contributed by atoms with van der Waals surface area (Å²) in [6, 6.07) is 42.8. The van der Waals surface area contributed by atoms with Crippen molar-refractivity contribution in [2.75, 3.05) is 0 Å². The summed E-state index contributed by atoms with van der Waals surface area (Å²) in [4.78, 5) is 0. The van der Waals surface area contributed by atoms with E-state index < -0.39 is 0 Å². The van der Waals surface area contributed by atoms with Gasteiger partial charge in [0.15, 0.2) is 0 Å². The third-order valence-electron chi connectivity index (χ3n) is 4.57. The molecule has 0 fully saturated rings. The number of hydrogen-bond acceptors (Lipinski definition) is 0. The van der Waals surface area contributed by atoms with Crippen molar-refractivity contribution in [2.24, 2.45) is 0 Å². The Morgan fingerprint density at radius 1 is 0.308 bits per heavy atom. The van der Waals surface area contributed by atoms with Crippen LogP contribution in [0.3, 0.4) is 0 Å². The zero-order valence-electron chi connectivity index (χ0n) is 14.4. The maximum atomic E-state index is 2.20. The van der Waals surface area contributed by atoms with Gasteiger partial charge in [0.25, 0.3) is 0 Å².